The average molecular weight is 532 g/mol. The summed E-state index contributed by atoms with van der Waals surface area (Å²) in [5.41, 5.74) is -3.30. The summed E-state index contributed by atoms with van der Waals surface area (Å²) < 4.78 is 10.5. The fourth-order valence-electron chi connectivity index (χ4n) is 4.10. The predicted octanol–water partition coefficient (Wildman–Crippen LogP) is 4.14. The molecule has 2 aromatic carbocycles. The van der Waals surface area contributed by atoms with Crippen LogP contribution in [0.15, 0.2) is 36.4 Å². The van der Waals surface area contributed by atoms with Crippen molar-refractivity contribution in [1.82, 2.24) is 0 Å². The Balaban J connectivity index is 1.67. The highest BCUT2D eigenvalue weighted by Crippen LogP contribution is 2.32. The number of nitrogens with zero attached hydrogens (tertiary/aromatic N) is 4. The summed E-state index contributed by atoms with van der Waals surface area (Å²) in [6.45, 7) is -0.306. The molecule has 38 heavy (non-hydrogen) atoms. The molecular formula is C22H20N4O12. The van der Waals surface area contributed by atoms with Crippen LogP contribution in [0.2, 0.25) is 0 Å². The maximum absolute atomic E-state index is 12.5. The zero-order chi connectivity index (χ0) is 28.0. The Morgan fingerprint density at radius 1 is 0.605 bits per heavy atom. The van der Waals surface area contributed by atoms with Gasteiger partial charge in [0.05, 0.1) is 56.2 Å². The van der Waals surface area contributed by atoms with E-state index in [-0.39, 0.29) is 36.2 Å². The first-order valence-corrected chi connectivity index (χ1v) is 11.2. The Bertz CT molecular complexity index is 1150. The van der Waals surface area contributed by atoms with Crippen LogP contribution in [-0.4, -0.2) is 44.8 Å². The number of esters is 2. The molecular weight excluding hydrogens is 512 g/mol. The first-order chi connectivity index (χ1) is 18.0. The Kier molecular flexibility index (Phi) is 8.57. The molecule has 0 spiro atoms. The lowest BCUT2D eigenvalue weighted by molar-refractivity contribution is -0.394. The molecule has 16 nitrogen and oxygen atoms in total. The number of rotatable bonds is 10. The molecule has 2 unspecified atom stereocenters. The number of nitro groups is 4. The molecule has 0 N–H and O–H groups in total. The molecule has 0 heterocycles. The minimum atomic E-state index is -0.998. The molecule has 0 saturated heterocycles. The number of benzene rings is 2. The van der Waals surface area contributed by atoms with E-state index in [1.54, 1.807) is 0 Å². The summed E-state index contributed by atoms with van der Waals surface area (Å²) in [7, 11) is 0. The third-order valence-corrected chi connectivity index (χ3v) is 6.04. The third-order valence-electron chi connectivity index (χ3n) is 6.04. The maximum Gasteiger partial charge on any atom is 0.338 e. The first kappa shape index (κ1) is 27.6. The van der Waals surface area contributed by atoms with E-state index in [0.717, 1.165) is 49.2 Å². The SMILES string of the molecule is O=C(OCC1CCCCC1COC(=O)c1cc([N+](=O)[O-])cc([N+](=O)[O-])c1)c1cc([N+](=O)[O-])cc([N+](=O)[O-])c1. The number of nitro benzene ring substituents is 4. The number of carbonyl (C=O) groups is 2. The van der Waals surface area contributed by atoms with Gasteiger partial charge in [0.15, 0.2) is 0 Å². The van der Waals surface area contributed by atoms with Gasteiger partial charge >= 0.3 is 11.9 Å². The number of ether oxygens (including phenoxy) is 2. The first-order valence-electron chi connectivity index (χ1n) is 11.2. The largest absolute Gasteiger partial charge is 0.462 e. The Hall–Kier alpha value is -5.02. The molecule has 1 saturated carbocycles. The van der Waals surface area contributed by atoms with Crippen molar-refractivity contribution in [2.24, 2.45) is 11.8 Å². The van der Waals surface area contributed by atoms with Gasteiger partial charge in [-0.25, -0.2) is 9.59 Å². The van der Waals surface area contributed by atoms with E-state index in [2.05, 4.69) is 0 Å². The lowest BCUT2D eigenvalue weighted by Gasteiger charge is -2.30. The van der Waals surface area contributed by atoms with Gasteiger partial charge in [0.25, 0.3) is 22.7 Å². The lowest BCUT2D eigenvalue weighted by Crippen LogP contribution is -2.29. The van der Waals surface area contributed by atoms with Gasteiger partial charge in [-0.15, -0.1) is 0 Å². The van der Waals surface area contributed by atoms with Gasteiger partial charge in [0, 0.05) is 24.3 Å². The van der Waals surface area contributed by atoms with E-state index in [0.29, 0.717) is 12.8 Å². The second-order valence-electron chi connectivity index (χ2n) is 8.51. The minimum absolute atomic E-state index is 0.153. The summed E-state index contributed by atoms with van der Waals surface area (Å²) in [4.78, 5) is 65.8. The molecule has 200 valence electrons. The van der Waals surface area contributed by atoms with Crippen molar-refractivity contribution in [3.8, 4) is 0 Å². The molecule has 0 radical (unpaired) electrons. The fourth-order valence-corrected chi connectivity index (χ4v) is 4.10. The Morgan fingerprint density at radius 2 is 0.895 bits per heavy atom. The van der Waals surface area contributed by atoms with Gasteiger partial charge in [-0.2, -0.15) is 0 Å². The van der Waals surface area contributed by atoms with E-state index >= 15 is 0 Å². The van der Waals surface area contributed by atoms with Crippen LogP contribution in [0.4, 0.5) is 22.7 Å². The smallest absolute Gasteiger partial charge is 0.338 e. The van der Waals surface area contributed by atoms with Crippen LogP contribution < -0.4 is 0 Å². The lowest BCUT2D eigenvalue weighted by atomic mass is 9.80. The highest BCUT2D eigenvalue weighted by Gasteiger charge is 2.29. The molecule has 1 aliphatic rings. The van der Waals surface area contributed by atoms with E-state index < -0.39 is 54.4 Å². The van der Waals surface area contributed by atoms with Crippen LogP contribution in [0, 0.1) is 52.3 Å². The summed E-state index contributed by atoms with van der Waals surface area (Å²) in [5, 5.41) is 44.2. The second kappa shape index (κ2) is 11.8. The summed E-state index contributed by atoms with van der Waals surface area (Å²) in [6.07, 6.45) is 2.75. The average Bonchev–Trinajstić information content (AvgIpc) is 2.89. The van der Waals surface area contributed by atoms with Crippen LogP contribution in [-0.2, 0) is 9.47 Å². The molecule has 0 aliphatic heterocycles. The second-order valence-corrected chi connectivity index (χ2v) is 8.51. The van der Waals surface area contributed by atoms with Crippen LogP contribution >= 0.6 is 0 Å². The van der Waals surface area contributed by atoms with E-state index in [1.165, 1.54) is 0 Å². The normalized spacial score (nSPS) is 16.7. The van der Waals surface area contributed by atoms with Gasteiger partial charge in [-0.05, 0) is 24.7 Å². The monoisotopic (exact) mass is 532 g/mol. The number of carbonyl (C=O) groups excluding carboxylic acids is 2. The molecule has 0 aromatic heterocycles. The molecule has 2 atom stereocenters. The highest BCUT2D eigenvalue weighted by atomic mass is 16.6. The number of non-ortho nitro benzene ring substituents is 4. The van der Waals surface area contributed by atoms with Gasteiger partial charge in [-0.3, -0.25) is 40.5 Å². The fraction of sp³-hybridized carbons (Fsp3) is 0.364. The van der Waals surface area contributed by atoms with E-state index in [9.17, 15) is 50.0 Å². The van der Waals surface area contributed by atoms with Crippen molar-refractivity contribution in [3.05, 3.63) is 88.0 Å². The minimum Gasteiger partial charge on any atom is -0.462 e. The summed E-state index contributed by atoms with van der Waals surface area (Å²) in [5.74, 6) is -2.56. The molecule has 16 heteroatoms. The summed E-state index contributed by atoms with van der Waals surface area (Å²) >= 11 is 0. The molecule has 1 aliphatic carbocycles. The van der Waals surface area contributed by atoms with Crippen LogP contribution in [0.1, 0.15) is 46.4 Å². The molecule has 0 amide bonds. The zero-order valence-electron chi connectivity index (χ0n) is 19.5. The van der Waals surface area contributed by atoms with Gasteiger partial charge in [0.1, 0.15) is 0 Å². The van der Waals surface area contributed by atoms with Crippen molar-refractivity contribution in [2.45, 2.75) is 25.7 Å². The summed E-state index contributed by atoms with van der Waals surface area (Å²) in [6, 6.07) is 4.92. The van der Waals surface area contributed by atoms with Gasteiger partial charge in [-0.1, -0.05) is 12.8 Å². The van der Waals surface area contributed by atoms with Crippen molar-refractivity contribution >= 4 is 34.7 Å². The van der Waals surface area contributed by atoms with Gasteiger partial charge in [0.2, 0.25) is 0 Å². The standard InChI is InChI=1S/C22H20N4O12/c27-21(15-5-17(23(29)30)9-18(6-15)24(31)32)37-11-13-3-1-2-4-14(13)12-38-22(28)16-7-19(25(33)34)10-20(8-16)26(35)36/h5-10,13-14H,1-4,11-12H2. The Labute approximate surface area is 212 Å². The van der Waals surface area contributed by atoms with Crippen molar-refractivity contribution < 1.29 is 38.8 Å². The van der Waals surface area contributed by atoms with Crippen LogP contribution in [0.3, 0.4) is 0 Å². The molecule has 0 bridgehead atoms. The number of hydrogen-bond acceptors (Lipinski definition) is 12. The molecule has 2 aromatic rings. The topological polar surface area (TPSA) is 225 Å². The number of hydrogen-bond donors (Lipinski definition) is 0. The molecule has 1 fully saturated rings. The third kappa shape index (κ3) is 6.80. The van der Waals surface area contributed by atoms with Crippen molar-refractivity contribution in [2.75, 3.05) is 13.2 Å². The van der Waals surface area contributed by atoms with E-state index in [1.807, 2.05) is 0 Å². The Morgan fingerprint density at radius 3 is 1.16 bits per heavy atom. The van der Waals surface area contributed by atoms with Crippen molar-refractivity contribution in [3.63, 3.8) is 0 Å². The van der Waals surface area contributed by atoms with Gasteiger partial charge < -0.3 is 9.47 Å². The zero-order valence-corrected chi connectivity index (χ0v) is 19.5. The van der Waals surface area contributed by atoms with Crippen molar-refractivity contribution in [1.29, 1.82) is 0 Å². The van der Waals surface area contributed by atoms with E-state index in [4.69, 9.17) is 9.47 Å². The van der Waals surface area contributed by atoms with Crippen LogP contribution in [0.25, 0.3) is 0 Å². The highest BCUT2D eigenvalue weighted by molar-refractivity contribution is 5.91. The molecule has 3 rings (SSSR count). The maximum atomic E-state index is 12.5. The predicted molar refractivity (Wildman–Crippen MR) is 126 cm³/mol. The van der Waals surface area contributed by atoms with Crippen LogP contribution in [0.5, 0.6) is 0 Å². The quantitative estimate of drug-likeness (QED) is 0.239.